The van der Waals surface area contributed by atoms with Crippen LogP contribution in [-0.2, 0) is 6.42 Å². The van der Waals surface area contributed by atoms with E-state index in [0.717, 1.165) is 29.7 Å². The van der Waals surface area contributed by atoms with Crippen molar-refractivity contribution in [1.29, 1.82) is 5.26 Å². The maximum Gasteiger partial charge on any atom is 0.244 e. The van der Waals surface area contributed by atoms with Crippen LogP contribution >= 0.6 is 11.6 Å². The van der Waals surface area contributed by atoms with Crippen molar-refractivity contribution in [2.45, 2.75) is 25.7 Å². The molecule has 0 aliphatic carbocycles. The predicted octanol–water partition coefficient (Wildman–Crippen LogP) is 3.23. The minimum absolute atomic E-state index is 0.0922. The van der Waals surface area contributed by atoms with E-state index < -0.39 is 0 Å². The maximum absolute atomic E-state index is 9.51. The molecule has 5 nitrogen and oxygen atoms in total. The first-order chi connectivity index (χ1) is 10.7. The summed E-state index contributed by atoms with van der Waals surface area (Å²) in [7, 11) is 0. The smallest absolute Gasteiger partial charge is 0.244 e. The van der Waals surface area contributed by atoms with Crippen LogP contribution in [-0.4, -0.2) is 10.2 Å². The highest BCUT2D eigenvalue weighted by Crippen LogP contribution is 2.43. The van der Waals surface area contributed by atoms with Gasteiger partial charge >= 0.3 is 0 Å². The summed E-state index contributed by atoms with van der Waals surface area (Å²) in [6.07, 6.45) is 1.78. The number of nitriles is 1. The van der Waals surface area contributed by atoms with Crippen molar-refractivity contribution >= 4 is 11.6 Å². The summed E-state index contributed by atoms with van der Waals surface area (Å²) in [5.74, 6) is 0.215. The van der Waals surface area contributed by atoms with Crippen molar-refractivity contribution in [3.8, 4) is 11.9 Å². The van der Waals surface area contributed by atoms with Gasteiger partial charge in [0.1, 0.15) is 11.6 Å². The number of nitrogens with zero attached hydrogens (tertiary/aromatic N) is 2. The second kappa shape index (κ2) is 5.74. The van der Waals surface area contributed by atoms with Gasteiger partial charge in [0.15, 0.2) is 0 Å². The fourth-order valence-electron chi connectivity index (χ4n) is 2.77. The Balaban J connectivity index is 2.21. The molecule has 2 aromatic rings. The van der Waals surface area contributed by atoms with Gasteiger partial charge in [-0.2, -0.15) is 5.26 Å². The Hall–Kier alpha value is -2.45. The first-order valence-corrected chi connectivity index (χ1v) is 7.43. The number of aryl methyl sites for hydroxylation is 1. The molecule has 0 amide bonds. The Morgan fingerprint density at radius 3 is 3.00 bits per heavy atom. The molecule has 0 fully saturated rings. The van der Waals surface area contributed by atoms with Crippen molar-refractivity contribution in [2.24, 2.45) is 5.73 Å². The second-order valence-electron chi connectivity index (χ2n) is 5.15. The highest BCUT2D eigenvalue weighted by atomic mass is 35.5. The molecular formula is C16H15ClN4O. The van der Waals surface area contributed by atoms with Crippen LogP contribution in [0, 0.1) is 11.3 Å². The number of halogens is 1. The van der Waals surface area contributed by atoms with Crippen LogP contribution in [0.1, 0.15) is 36.1 Å². The molecule has 0 saturated heterocycles. The lowest BCUT2D eigenvalue weighted by atomic mass is 9.83. The van der Waals surface area contributed by atoms with Crippen molar-refractivity contribution in [3.63, 3.8) is 0 Å². The quantitative estimate of drug-likeness (QED) is 0.910. The molecule has 1 aliphatic rings. The van der Waals surface area contributed by atoms with Gasteiger partial charge in [0.25, 0.3) is 0 Å². The van der Waals surface area contributed by atoms with Crippen LogP contribution in [0.25, 0.3) is 0 Å². The zero-order chi connectivity index (χ0) is 15.7. The summed E-state index contributed by atoms with van der Waals surface area (Å²) in [4.78, 5) is 0. The van der Waals surface area contributed by atoms with Gasteiger partial charge in [0.2, 0.25) is 11.8 Å². The Labute approximate surface area is 133 Å². The maximum atomic E-state index is 9.51. The molecule has 0 spiro atoms. The van der Waals surface area contributed by atoms with E-state index in [4.69, 9.17) is 22.1 Å². The van der Waals surface area contributed by atoms with Crippen LogP contribution in [0.3, 0.4) is 0 Å². The second-order valence-corrected chi connectivity index (χ2v) is 5.59. The normalized spacial score (nSPS) is 16.9. The fraction of sp³-hybridized carbons (Fsp3) is 0.250. The van der Waals surface area contributed by atoms with Crippen molar-refractivity contribution in [2.75, 3.05) is 0 Å². The van der Waals surface area contributed by atoms with Crippen molar-refractivity contribution < 1.29 is 4.74 Å². The van der Waals surface area contributed by atoms with Gasteiger partial charge in [-0.05, 0) is 24.1 Å². The standard InChI is InChI=1S/C16H15ClN4O/c1-2-4-12-14-13(9-5-3-6-10(17)7-9)11(8-18)15(19)22-16(14)21-20-12/h3,5-7,13H,2,4,19H2,1H3,(H,20,21)/t13-/m0/s1. The molecule has 1 atom stereocenters. The molecular weight excluding hydrogens is 300 g/mol. The van der Waals surface area contributed by atoms with Crippen LogP contribution in [0.4, 0.5) is 0 Å². The van der Waals surface area contributed by atoms with Gasteiger partial charge in [-0.1, -0.05) is 37.1 Å². The summed E-state index contributed by atoms with van der Waals surface area (Å²) < 4.78 is 5.50. The van der Waals surface area contributed by atoms with E-state index in [-0.39, 0.29) is 11.8 Å². The minimum atomic E-state index is -0.312. The van der Waals surface area contributed by atoms with Crippen LogP contribution in [0.15, 0.2) is 35.7 Å². The fourth-order valence-corrected chi connectivity index (χ4v) is 2.97. The number of allylic oxidation sites excluding steroid dienone is 1. The number of hydrogen-bond donors (Lipinski definition) is 2. The Kier molecular flexibility index (Phi) is 3.78. The average Bonchev–Trinajstić information content (AvgIpc) is 2.88. The number of hydrogen-bond acceptors (Lipinski definition) is 4. The number of aromatic nitrogens is 2. The van der Waals surface area contributed by atoms with E-state index in [2.05, 4.69) is 23.2 Å². The molecule has 6 heteroatoms. The average molecular weight is 315 g/mol. The summed E-state index contributed by atoms with van der Waals surface area (Å²) in [6.45, 7) is 2.08. The third-order valence-corrected chi connectivity index (χ3v) is 3.93. The molecule has 1 aromatic carbocycles. The highest BCUT2D eigenvalue weighted by molar-refractivity contribution is 6.30. The Morgan fingerprint density at radius 1 is 1.50 bits per heavy atom. The van der Waals surface area contributed by atoms with Gasteiger partial charge in [-0.25, -0.2) is 0 Å². The first-order valence-electron chi connectivity index (χ1n) is 7.05. The largest absolute Gasteiger partial charge is 0.420 e. The monoisotopic (exact) mass is 314 g/mol. The van der Waals surface area contributed by atoms with Crippen LogP contribution < -0.4 is 10.5 Å². The van der Waals surface area contributed by atoms with Crippen molar-refractivity contribution in [3.05, 3.63) is 57.6 Å². The van der Waals surface area contributed by atoms with E-state index in [1.54, 1.807) is 6.07 Å². The lowest BCUT2D eigenvalue weighted by Crippen LogP contribution is -2.21. The first kappa shape index (κ1) is 14.5. The number of rotatable bonds is 3. The molecule has 1 aliphatic heterocycles. The lowest BCUT2D eigenvalue weighted by Gasteiger charge is -2.24. The highest BCUT2D eigenvalue weighted by Gasteiger charge is 2.34. The summed E-state index contributed by atoms with van der Waals surface area (Å²) in [5.41, 5.74) is 9.01. The number of fused-ring (bicyclic) bond motifs is 1. The summed E-state index contributed by atoms with van der Waals surface area (Å²) >= 11 is 6.11. The number of benzene rings is 1. The van der Waals surface area contributed by atoms with E-state index in [9.17, 15) is 5.26 Å². The van der Waals surface area contributed by atoms with Crippen LogP contribution in [0.2, 0.25) is 5.02 Å². The molecule has 0 radical (unpaired) electrons. The Bertz CT molecular complexity index is 788. The summed E-state index contributed by atoms with van der Waals surface area (Å²) in [6, 6.07) is 9.60. The van der Waals surface area contributed by atoms with E-state index in [1.807, 2.05) is 18.2 Å². The third-order valence-electron chi connectivity index (χ3n) is 3.70. The SMILES string of the molecule is CCCc1[nH]nc2c1[C@@H](c1cccc(Cl)c1)C(C#N)=C(N)O2. The topological polar surface area (TPSA) is 87.7 Å². The van der Waals surface area contributed by atoms with Gasteiger partial charge < -0.3 is 10.5 Å². The van der Waals surface area contributed by atoms with E-state index in [1.165, 1.54) is 0 Å². The molecule has 0 unspecified atom stereocenters. The predicted molar refractivity (Wildman–Crippen MR) is 83.3 cm³/mol. The molecule has 0 bridgehead atoms. The Morgan fingerprint density at radius 2 is 2.32 bits per heavy atom. The van der Waals surface area contributed by atoms with Gasteiger partial charge in [0, 0.05) is 16.3 Å². The number of nitrogens with two attached hydrogens (primary N) is 1. The van der Waals surface area contributed by atoms with Crippen molar-refractivity contribution in [1.82, 2.24) is 10.2 Å². The van der Waals surface area contributed by atoms with E-state index >= 15 is 0 Å². The molecule has 1 aromatic heterocycles. The zero-order valence-corrected chi connectivity index (χ0v) is 12.8. The molecule has 112 valence electrons. The molecule has 3 N–H and O–H groups in total. The van der Waals surface area contributed by atoms with Gasteiger partial charge in [0.05, 0.1) is 5.92 Å². The number of H-pyrrole nitrogens is 1. The molecule has 2 heterocycles. The zero-order valence-electron chi connectivity index (χ0n) is 12.1. The lowest BCUT2D eigenvalue weighted by molar-refractivity contribution is 0.378. The number of aromatic amines is 1. The molecule has 0 saturated carbocycles. The third kappa shape index (κ3) is 2.32. The van der Waals surface area contributed by atoms with Gasteiger partial charge in [-0.15, -0.1) is 5.10 Å². The van der Waals surface area contributed by atoms with Crippen LogP contribution in [0.5, 0.6) is 5.88 Å². The summed E-state index contributed by atoms with van der Waals surface area (Å²) in [5, 5.41) is 17.3. The molecule has 22 heavy (non-hydrogen) atoms. The van der Waals surface area contributed by atoms with E-state index in [0.29, 0.717) is 16.5 Å². The molecule has 3 rings (SSSR count). The number of ether oxygens (including phenoxy) is 1. The van der Waals surface area contributed by atoms with Gasteiger partial charge in [-0.3, -0.25) is 5.10 Å². The minimum Gasteiger partial charge on any atom is -0.420 e. The number of nitrogens with one attached hydrogen (secondary N) is 1.